The van der Waals surface area contributed by atoms with Gasteiger partial charge in [0.1, 0.15) is 0 Å². The molecule has 2 fully saturated rings. The van der Waals surface area contributed by atoms with Crippen LogP contribution in [-0.2, 0) is 19.6 Å². The summed E-state index contributed by atoms with van der Waals surface area (Å²) >= 11 is 0. The molecule has 1 aromatic rings. The molecule has 0 aromatic heterocycles. The lowest BCUT2D eigenvalue weighted by molar-refractivity contribution is -0.126. The van der Waals surface area contributed by atoms with Gasteiger partial charge in [-0.3, -0.25) is 4.79 Å². The number of sulfonamides is 1. The Morgan fingerprint density at radius 3 is 2.40 bits per heavy atom. The van der Waals surface area contributed by atoms with E-state index in [1.807, 2.05) is 6.07 Å². The van der Waals surface area contributed by atoms with Crippen LogP contribution in [0.1, 0.15) is 43.7 Å². The van der Waals surface area contributed by atoms with Crippen LogP contribution < -0.4 is 4.72 Å². The summed E-state index contributed by atoms with van der Waals surface area (Å²) in [6.45, 7) is -0.372. The number of carbonyl (C=O) groups is 2. The van der Waals surface area contributed by atoms with Gasteiger partial charge in [0.05, 0.1) is 17.8 Å². The van der Waals surface area contributed by atoms with Crippen LogP contribution in [0.4, 0.5) is 4.79 Å². The summed E-state index contributed by atoms with van der Waals surface area (Å²) in [6, 6.07) is 8.27. The van der Waals surface area contributed by atoms with Gasteiger partial charge in [-0.05, 0) is 18.4 Å². The lowest BCUT2D eigenvalue weighted by Crippen LogP contribution is -2.43. The average Bonchev–Trinajstić information content (AvgIpc) is 2.94. The van der Waals surface area contributed by atoms with E-state index in [4.69, 9.17) is 4.74 Å². The van der Waals surface area contributed by atoms with Crippen LogP contribution in [0.15, 0.2) is 30.3 Å². The van der Waals surface area contributed by atoms with Crippen molar-refractivity contribution in [2.24, 2.45) is 0 Å². The zero-order valence-corrected chi connectivity index (χ0v) is 14.7. The predicted octanol–water partition coefficient (Wildman–Crippen LogP) is 1.96. The largest absolute Gasteiger partial charge is 0.439 e. The summed E-state index contributed by atoms with van der Waals surface area (Å²) in [6.07, 6.45) is 3.41. The molecule has 0 radical (unpaired) electrons. The molecule has 1 aliphatic heterocycles. The van der Waals surface area contributed by atoms with Crippen LogP contribution >= 0.6 is 0 Å². The first-order valence-electron chi connectivity index (χ1n) is 8.50. The fraction of sp³-hybridized carbons (Fsp3) is 0.529. The number of imide groups is 1. The van der Waals surface area contributed by atoms with E-state index < -0.39 is 33.3 Å². The zero-order chi connectivity index (χ0) is 17.9. The van der Waals surface area contributed by atoms with Crippen LogP contribution in [0.2, 0.25) is 0 Å². The summed E-state index contributed by atoms with van der Waals surface area (Å²) in [5.74, 6) is -0.456. The van der Waals surface area contributed by atoms with E-state index in [1.165, 1.54) is 0 Å². The van der Waals surface area contributed by atoms with Crippen molar-refractivity contribution in [1.29, 1.82) is 0 Å². The van der Waals surface area contributed by atoms with E-state index >= 15 is 0 Å². The van der Waals surface area contributed by atoms with Crippen molar-refractivity contribution < 1.29 is 22.7 Å². The molecule has 2 aliphatic rings. The molecule has 0 bridgehead atoms. The number of nitrogens with zero attached hydrogens (tertiary/aromatic N) is 1. The van der Waals surface area contributed by atoms with Crippen molar-refractivity contribution in [2.45, 2.75) is 43.4 Å². The third kappa shape index (κ3) is 4.19. The van der Waals surface area contributed by atoms with Crippen molar-refractivity contribution in [1.82, 2.24) is 9.62 Å². The summed E-state index contributed by atoms with van der Waals surface area (Å²) in [5, 5.41) is -0.423. The molecule has 1 aliphatic carbocycles. The van der Waals surface area contributed by atoms with Gasteiger partial charge in [0, 0.05) is 0 Å². The lowest BCUT2D eigenvalue weighted by atomic mass is 10.0. The SMILES string of the molecule is O=C1COC(=O)N1CC(NS(=O)(=O)C1CCCCC1)c1ccccc1. The summed E-state index contributed by atoms with van der Waals surface area (Å²) in [5.41, 5.74) is 0.703. The highest BCUT2D eigenvalue weighted by Crippen LogP contribution is 2.26. The van der Waals surface area contributed by atoms with E-state index in [-0.39, 0.29) is 13.2 Å². The average molecular weight is 366 g/mol. The van der Waals surface area contributed by atoms with Gasteiger partial charge in [0.2, 0.25) is 10.0 Å². The number of cyclic esters (lactones) is 1. The first-order chi connectivity index (χ1) is 12.0. The molecule has 1 heterocycles. The molecular formula is C17H22N2O5S. The Balaban J connectivity index is 1.81. The Bertz CT molecular complexity index is 713. The van der Waals surface area contributed by atoms with Gasteiger partial charge in [0.25, 0.3) is 5.91 Å². The second kappa shape index (κ2) is 7.53. The molecule has 3 rings (SSSR count). The zero-order valence-electron chi connectivity index (χ0n) is 13.9. The Morgan fingerprint density at radius 2 is 1.80 bits per heavy atom. The molecule has 1 aromatic carbocycles. The summed E-state index contributed by atoms with van der Waals surface area (Å²) < 4.78 is 33.0. The second-order valence-electron chi connectivity index (χ2n) is 6.45. The molecule has 1 atom stereocenters. The highest BCUT2D eigenvalue weighted by molar-refractivity contribution is 7.90. The monoisotopic (exact) mass is 366 g/mol. The van der Waals surface area contributed by atoms with E-state index in [0.717, 1.165) is 24.2 Å². The van der Waals surface area contributed by atoms with Crippen molar-refractivity contribution in [3.63, 3.8) is 0 Å². The second-order valence-corrected chi connectivity index (χ2v) is 8.44. The minimum atomic E-state index is -3.55. The number of hydrogen-bond donors (Lipinski definition) is 1. The number of hydrogen-bond acceptors (Lipinski definition) is 5. The molecule has 1 saturated carbocycles. The van der Waals surface area contributed by atoms with Crippen molar-refractivity contribution in [2.75, 3.05) is 13.2 Å². The van der Waals surface area contributed by atoms with E-state index in [0.29, 0.717) is 18.4 Å². The molecular weight excluding hydrogens is 344 g/mol. The van der Waals surface area contributed by atoms with Gasteiger partial charge in [-0.2, -0.15) is 0 Å². The van der Waals surface area contributed by atoms with Crippen LogP contribution in [0.25, 0.3) is 0 Å². The summed E-state index contributed by atoms with van der Waals surface area (Å²) in [4.78, 5) is 24.5. The Hall–Kier alpha value is -1.93. The third-order valence-electron chi connectivity index (χ3n) is 4.71. The van der Waals surface area contributed by atoms with Gasteiger partial charge in [-0.25, -0.2) is 22.8 Å². The van der Waals surface area contributed by atoms with Crippen molar-refractivity contribution >= 4 is 22.0 Å². The number of ether oxygens (including phenoxy) is 1. The highest BCUT2D eigenvalue weighted by Gasteiger charge is 2.36. The van der Waals surface area contributed by atoms with E-state index in [1.54, 1.807) is 24.3 Å². The van der Waals surface area contributed by atoms with E-state index in [2.05, 4.69) is 4.72 Å². The third-order valence-corrected chi connectivity index (χ3v) is 6.67. The molecule has 136 valence electrons. The van der Waals surface area contributed by atoms with Crippen molar-refractivity contribution in [3.8, 4) is 0 Å². The number of nitrogens with one attached hydrogen (secondary N) is 1. The van der Waals surface area contributed by atoms with Gasteiger partial charge in [0.15, 0.2) is 6.61 Å². The van der Waals surface area contributed by atoms with Crippen LogP contribution in [0.5, 0.6) is 0 Å². The fourth-order valence-corrected chi connectivity index (χ4v) is 5.06. The van der Waals surface area contributed by atoms with Gasteiger partial charge >= 0.3 is 6.09 Å². The maximum absolute atomic E-state index is 12.8. The Kier molecular flexibility index (Phi) is 5.39. The van der Waals surface area contributed by atoms with Crippen LogP contribution in [-0.4, -0.2) is 43.7 Å². The molecule has 2 amide bonds. The number of amides is 2. The Labute approximate surface area is 147 Å². The molecule has 1 unspecified atom stereocenters. The Morgan fingerprint density at radius 1 is 1.12 bits per heavy atom. The minimum Gasteiger partial charge on any atom is -0.439 e. The molecule has 1 saturated heterocycles. The standard InChI is InChI=1S/C17H22N2O5S/c20-16-12-24-17(21)19(16)11-15(13-7-3-1-4-8-13)18-25(22,23)14-9-5-2-6-10-14/h1,3-4,7-8,14-15,18H,2,5-6,9-12H2. The first kappa shape index (κ1) is 17.9. The molecule has 8 heteroatoms. The maximum Gasteiger partial charge on any atom is 0.417 e. The van der Waals surface area contributed by atoms with Crippen LogP contribution in [0.3, 0.4) is 0 Å². The molecule has 7 nitrogen and oxygen atoms in total. The molecule has 0 spiro atoms. The quantitative estimate of drug-likeness (QED) is 0.831. The lowest BCUT2D eigenvalue weighted by Gasteiger charge is -2.27. The first-order valence-corrected chi connectivity index (χ1v) is 10.1. The maximum atomic E-state index is 12.8. The van der Waals surface area contributed by atoms with Gasteiger partial charge in [-0.1, -0.05) is 49.6 Å². The number of benzene rings is 1. The van der Waals surface area contributed by atoms with E-state index in [9.17, 15) is 18.0 Å². The summed E-state index contributed by atoms with van der Waals surface area (Å²) in [7, 11) is -3.55. The predicted molar refractivity (Wildman–Crippen MR) is 91.2 cm³/mol. The minimum absolute atomic E-state index is 0.0758. The molecule has 1 N–H and O–H groups in total. The van der Waals surface area contributed by atoms with Gasteiger partial charge in [-0.15, -0.1) is 0 Å². The van der Waals surface area contributed by atoms with Crippen molar-refractivity contribution in [3.05, 3.63) is 35.9 Å². The highest BCUT2D eigenvalue weighted by atomic mass is 32.2. The molecule has 25 heavy (non-hydrogen) atoms. The fourth-order valence-electron chi connectivity index (χ4n) is 3.31. The van der Waals surface area contributed by atoms with Gasteiger partial charge < -0.3 is 4.74 Å². The number of carbonyl (C=O) groups excluding carboxylic acids is 2. The number of rotatable bonds is 6. The topological polar surface area (TPSA) is 92.8 Å². The normalized spacial score (nSPS) is 20.6. The smallest absolute Gasteiger partial charge is 0.417 e. The van der Waals surface area contributed by atoms with Crippen LogP contribution in [0, 0.1) is 0 Å².